The van der Waals surface area contributed by atoms with E-state index in [0.29, 0.717) is 0 Å². The van der Waals surface area contributed by atoms with Gasteiger partial charge >= 0.3 is 5.97 Å². The average molecular weight is 289 g/mol. The number of alkyl halides is 2. The largest absolute Gasteiger partial charge is 0.481 e. The summed E-state index contributed by atoms with van der Waals surface area (Å²) in [7, 11) is 0. The molecule has 0 bridgehead atoms. The van der Waals surface area contributed by atoms with Crippen molar-refractivity contribution >= 4 is 40.8 Å². The number of hydrogen-bond donors (Lipinski definition) is 1. The molecule has 0 aliphatic heterocycles. The fraction of sp³-hybridized carbons (Fsp3) is 0.222. The van der Waals surface area contributed by atoms with Crippen LogP contribution in [0.25, 0.3) is 0 Å². The normalized spacial score (nSPS) is 11.6. The highest BCUT2D eigenvalue weighted by Gasteiger charge is 2.38. The molecule has 0 radical (unpaired) electrons. The number of carboxylic acid groups (broad SMARTS) is 1. The fourth-order valence-corrected chi connectivity index (χ4v) is 2.26. The fourth-order valence-electron chi connectivity index (χ4n) is 1.17. The standard InChI is InChI=1S/C9H5Cl3F2O2/c10-4-1-5(11)8(6(12)2-4)9(13,14)3-7(15)16/h1-2H,3H2,(H,15,16). The minimum absolute atomic E-state index is 0.102. The van der Waals surface area contributed by atoms with Crippen LogP contribution in [0, 0.1) is 0 Å². The Morgan fingerprint density at radius 3 is 2.06 bits per heavy atom. The number of carbonyl (C=O) groups is 1. The second kappa shape index (κ2) is 4.73. The first-order valence-electron chi connectivity index (χ1n) is 3.98. The number of aliphatic carboxylic acids is 1. The molecule has 1 aromatic carbocycles. The summed E-state index contributed by atoms with van der Waals surface area (Å²) in [6, 6.07) is 2.17. The van der Waals surface area contributed by atoms with Crippen LogP contribution in [-0.2, 0) is 10.7 Å². The van der Waals surface area contributed by atoms with E-state index in [1.54, 1.807) is 0 Å². The highest BCUT2D eigenvalue weighted by atomic mass is 35.5. The van der Waals surface area contributed by atoms with E-state index in [2.05, 4.69) is 0 Å². The van der Waals surface area contributed by atoms with Crippen LogP contribution >= 0.6 is 34.8 Å². The Bertz CT molecular complexity index is 412. The van der Waals surface area contributed by atoms with Gasteiger partial charge in [0.25, 0.3) is 5.92 Å². The molecule has 0 aliphatic rings. The van der Waals surface area contributed by atoms with Gasteiger partial charge in [-0.2, -0.15) is 0 Å². The summed E-state index contributed by atoms with van der Waals surface area (Å²) in [5.41, 5.74) is -0.720. The highest BCUT2D eigenvalue weighted by molar-refractivity contribution is 6.39. The first kappa shape index (κ1) is 13.5. The number of hydrogen-bond acceptors (Lipinski definition) is 1. The topological polar surface area (TPSA) is 37.3 Å². The number of halogens is 5. The highest BCUT2D eigenvalue weighted by Crippen LogP contribution is 2.42. The van der Waals surface area contributed by atoms with Gasteiger partial charge in [-0.3, -0.25) is 4.79 Å². The van der Waals surface area contributed by atoms with Crippen LogP contribution in [0.3, 0.4) is 0 Å². The van der Waals surface area contributed by atoms with Gasteiger partial charge in [0, 0.05) is 5.02 Å². The van der Waals surface area contributed by atoms with Crippen molar-refractivity contribution in [3.8, 4) is 0 Å². The third-order valence-corrected chi connectivity index (χ3v) is 2.56. The quantitative estimate of drug-likeness (QED) is 0.905. The summed E-state index contributed by atoms with van der Waals surface area (Å²) in [5, 5.41) is 7.74. The van der Waals surface area contributed by atoms with Crippen LogP contribution in [-0.4, -0.2) is 11.1 Å². The lowest BCUT2D eigenvalue weighted by Crippen LogP contribution is -2.19. The van der Waals surface area contributed by atoms with Crippen LogP contribution in [0.4, 0.5) is 8.78 Å². The molecule has 0 unspecified atom stereocenters. The molecule has 1 rings (SSSR count). The third kappa shape index (κ3) is 2.97. The molecule has 1 aromatic rings. The molecule has 2 nitrogen and oxygen atoms in total. The van der Waals surface area contributed by atoms with Crippen molar-refractivity contribution in [2.45, 2.75) is 12.3 Å². The van der Waals surface area contributed by atoms with Gasteiger partial charge in [0.1, 0.15) is 6.42 Å². The predicted octanol–water partition coefficient (Wildman–Crippen LogP) is 4.21. The lowest BCUT2D eigenvalue weighted by Gasteiger charge is -2.17. The van der Waals surface area contributed by atoms with Gasteiger partial charge in [-0.05, 0) is 12.1 Å². The van der Waals surface area contributed by atoms with Crippen molar-refractivity contribution in [2.24, 2.45) is 0 Å². The maximum Gasteiger partial charge on any atom is 0.309 e. The van der Waals surface area contributed by atoms with E-state index in [1.165, 1.54) is 0 Å². The lowest BCUT2D eigenvalue weighted by molar-refractivity contribution is -0.145. The molecule has 0 amide bonds. The van der Waals surface area contributed by atoms with Gasteiger partial charge in [0.15, 0.2) is 0 Å². The predicted molar refractivity (Wildman–Crippen MR) is 57.6 cm³/mol. The summed E-state index contributed by atoms with van der Waals surface area (Å²) in [6.07, 6.45) is -1.38. The molecule has 0 heterocycles. The van der Waals surface area contributed by atoms with E-state index >= 15 is 0 Å². The number of carboxylic acids is 1. The second-order valence-corrected chi connectivity index (χ2v) is 4.27. The minimum atomic E-state index is -3.63. The van der Waals surface area contributed by atoms with Crippen molar-refractivity contribution in [1.29, 1.82) is 0 Å². The molecule has 0 aromatic heterocycles. The van der Waals surface area contributed by atoms with Crippen LogP contribution < -0.4 is 0 Å². The molecule has 0 saturated heterocycles. The number of benzene rings is 1. The van der Waals surface area contributed by atoms with Crippen molar-refractivity contribution in [3.05, 3.63) is 32.8 Å². The first-order valence-corrected chi connectivity index (χ1v) is 5.12. The molecule has 0 spiro atoms. The maximum absolute atomic E-state index is 13.5. The van der Waals surface area contributed by atoms with E-state index in [9.17, 15) is 13.6 Å². The Morgan fingerprint density at radius 2 is 1.69 bits per heavy atom. The van der Waals surface area contributed by atoms with Crippen molar-refractivity contribution in [2.75, 3.05) is 0 Å². The molecule has 88 valence electrons. The van der Waals surface area contributed by atoms with Crippen LogP contribution in [0.15, 0.2) is 12.1 Å². The SMILES string of the molecule is O=C(O)CC(F)(F)c1c(Cl)cc(Cl)cc1Cl. The van der Waals surface area contributed by atoms with Crippen molar-refractivity contribution in [1.82, 2.24) is 0 Å². The molecule has 0 saturated carbocycles. The molecular formula is C9H5Cl3F2O2. The summed E-state index contributed by atoms with van der Waals surface area (Å²) >= 11 is 16.7. The van der Waals surface area contributed by atoms with Crippen LogP contribution in [0.2, 0.25) is 15.1 Å². The molecular weight excluding hydrogens is 284 g/mol. The monoisotopic (exact) mass is 288 g/mol. The van der Waals surface area contributed by atoms with E-state index < -0.39 is 23.9 Å². The van der Waals surface area contributed by atoms with Gasteiger partial charge in [-0.15, -0.1) is 0 Å². The lowest BCUT2D eigenvalue weighted by atomic mass is 10.1. The number of rotatable bonds is 3. The van der Waals surface area contributed by atoms with E-state index in [1.807, 2.05) is 0 Å². The zero-order chi connectivity index (χ0) is 12.5. The molecule has 1 N–H and O–H groups in total. The van der Waals surface area contributed by atoms with Gasteiger partial charge in [-0.25, -0.2) is 8.78 Å². The van der Waals surface area contributed by atoms with E-state index in [-0.39, 0.29) is 15.1 Å². The smallest absolute Gasteiger partial charge is 0.309 e. The molecule has 7 heteroatoms. The average Bonchev–Trinajstić information content (AvgIpc) is 1.96. The van der Waals surface area contributed by atoms with Crippen molar-refractivity contribution in [3.63, 3.8) is 0 Å². The van der Waals surface area contributed by atoms with Gasteiger partial charge in [-0.1, -0.05) is 34.8 Å². The second-order valence-electron chi connectivity index (χ2n) is 3.02. The summed E-state index contributed by atoms with van der Waals surface area (Å²) in [4.78, 5) is 10.3. The summed E-state index contributed by atoms with van der Waals surface area (Å²) in [5.74, 6) is -5.28. The molecule has 0 atom stereocenters. The minimum Gasteiger partial charge on any atom is -0.481 e. The molecule has 16 heavy (non-hydrogen) atoms. The Labute approximate surface area is 105 Å². The third-order valence-electron chi connectivity index (χ3n) is 1.75. The zero-order valence-corrected chi connectivity index (χ0v) is 9.87. The van der Waals surface area contributed by atoms with E-state index in [0.717, 1.165) is 12.1 Å². The van der Waals surface area contributed by atoms with Crippen LogP contribution in [0.1, 0.15) is 12.0 Å². The summed E-state index contributed by atoms with van der Waals surface area (Å²) in [6.45, 7) is 0. The Kier molecular flexibility index (Phi) is 3.99. The maximum atomic E-state index is 13.5. The van der Waals surface area contributed by atoms with Gasteiger partial charge in [0.2, 0.25) is 0 Å². The van der Waals surface area contributed by atoms with Crippen LogP contribution in [0.5, 0.6) is 0 Å². The zero-order valence-electron chi connectivity index (χ0n) is 7.61. The molecule has 0 aliphatic carbocycles. The molecule has 0 fully saturated rings. The first-order chi connectivity index (χ1) is 7.24. The Balaban J connectivity index is 3.27. The van der Waals surface area contributed by atoms with Gasteiger partial charge < -0.3 is 5.11 Å². The Morgan fingerprint density at radius 1 is 1.25 bits per heavy atom. The Hall–Kier alpha value is -0.580. The van der Waals surface area contributed by atoms with Crippen molar-refractivity contribution < 1.29 is 18.7 Å². The van der Waals surface area contributed by atoms with Gasteiger partial charge in [0.05, 0.1) is 15.6 Å². The summed E-state index contributed by atoms with van der Waals surface area (Å²) < 4.78 is 26.9. The van der Waals surface area contributed by atoms with E-state index in [4.69, 9.17) is 39.9 Å².